The van der Waals surface area contributed by atoms with E-state index >= 15 is 0 Å². The normalized spacial score (nSPS) is 10.9. The minimum absolute atomic E-state index is 0.185. The molecule has 0 saturated carbocycles. The number of aromatic nitrogens is 6. The molecule has 0 aliphatic heterocycles. The molecule has 3 N–H and O–H groups in total. The van der Waals surface area contributed by atoms with Crippen molar-refractivity contribution in [1.82, 2.24) is 29.3 Å². The predicted octanol–water partition coefficient (Wildman–Crippen LogP) is 1.29. The van der Waals surface area contributed by atoms with Crippen molar-refractivity contribution in [3.05, 3.63) is 55.0 Å². The van der Waals surface area contributed by atoms with Crippen LogP contribution in [0.5, 0.6) is 0 Å². The Labute approximate surface area is 148 Å². The fourth-order valence-corrected chi connectivity index (χ4v) is 2.59. The number of nitrogens with two attached hydrogens (primary N) is 1. The molecule has 0 saturated heterocycles. The van der Waals surface area contributed by atoms with Crippen LogP contribution in [-0.2, 0) is 4.79 Å². The standard InChI is InChI=1S/C17H16N8O/c18-14(26)6-9-19-15-21-16(23-17(22-15)25-10-3-8-20-25)24-11-7-12-4-1-2-5-13(12)24/h1-5,7-8,10-11H,6,9H2,(H2,18,26)(H,19,21,22,23). The molecular formula is C17H16N8O. The van der Waals surface area contributed by atoms with Gasteiger partial charge in [0, 0.05) is 36.9 Å². The molecule has 0 aliphatic rings. The zero-order valence-electron chi connectivity index (χ0n) is 13.8. The lowest BCUT2D eigenvalue weighted by Gasteiger charge is -2.10. The van der Waals surface area contributed by atoms with E-state index in [1.54, 1.807) is 23.1 Å². The number of amides is 1. The molecule has 3 heterocycles. The summed E-state index contributed by atoms with van der Waals surface area (Å²) in [6, 6.07) is 11.7. The molecule has 0 unspecified atom stereocenters. The number of hydrogen-bond donors (Lipinski definition) is 2. The van der Waals surface area contributed by atoms with Crippen molar-refractivity contribution in [1.29, 1.82) is 0 Å². The van der Waals surface area contributed by atoms with Gasteiger partial charge in [-0.2, -0.15) is 20.1 Å². The van der Waals surface area contributed by atoms with Gasteiger partial charge in [-0.15, -0.1) is 0 Å². The Bertz CT molecular complexity index is 1050. The van der Waals surface area contributed by atoms with Gasteiger partial charge in [-0.1, -0.05) is 18.2 Å². The molecule has 4 aromatic rings. The maximum atomic E-state index is 11.0. The molecule has 1 amide bonds. The Morgan fingerprint density at radius 2 is 1.88 bits per heavy atom. The third-order valence-electron chi connectivity index (χ3n) is 3.79. The van der Waals surface area contributed by atoms with Crippen LogP contribution in [0.25, 0.3) is 22.8 Å². The van der Waals surface area contributed by atoms with Gasteiger partial charge in [0.15, 0.2) is 0 Å². The lowest BCUT2D eigenvalue weighted by molar-refractivity contribution is -0.117. The van der Waals surface area contributed by atoms with Gasteiger partial charge in [0.25, 0.3) is 5.95 Å². The average molecular weight is 348 g/mol. The van der Waals surface area contributed by atoms with E-state index in [4.69, 9.17) is 5.73 Å². The zero-order chi connectivity index (χ0) is 17.9. The molecular weight excluding hydrogens is 332 g/mol. The van der Waals surface area contributed by atoms with Gasteiger partial charge in [0.2, 0.25) is 17.8 Å². The molecule has 26 heavy (non-hydrogen) atoms. The van der Waals surface area contributed by atoms with Gasteiger partial charge in [-0.25, -0.2) is 4.68 Å². The fraction of sp³-hybridized carbons (Fsp3) is 0.118. The highest BCUT2D eigenvalue weighted by molar-refractivity contribution is 5.81. The summed E-state index contributed by atoms with van der Waals surface area (Å²) in [5.74, 6) is 0.780. The number of anilines is 1. The molecule has 4 rings (SSSR count). The molecule has 0 spiro atoms. The van der Waals surface area contributed by atoms with Crippen molar-refractivity contribution in [2.75, 3.05) is 11.9 Å². The number of carbonyl (C=O) groups is 1. The van der Waals surface area contributed by atoms with Crippen LogP contribution >= 0.6 is 0 Å². The summed E-state index contributed by atoms with van der Waals surface area (Å²) >= 11 is 0. The number of primary amides is 1. The maximum absolute atomic E-state index is 11.0. The summed E-state index contributed by atoms with van der Waals surface area (Å²) in [6.45, 7) is 0.337. The number of para-hydroxylation sites is 1. The fourth-order valence-electron chi connectivity index (χ4n) is 2.59. The summed E-state index contributed by atoms with van der Waals surface area (Å²) in [7, 11) is 0. The van der Waals surface area contributed by atoms with Crippen LogP contribution in [0.4, 0.5) is 5.95 Å². The van der Waals surface area contributed by atoms with E-state index in [0.29, 0.717) is 24.4 Å². The molecule has 0 fully saturated rings. The predicted molar refractivity (Wildman–Crippen MR) is 96.1 cm³/mol. The van der Waals surface area contributed by atoms with Crippen LogP contribution in [0.1, 0.15) is 6.42 Å². The molecule has 0 atom stereocenters. The van der Waals surface area contributed by atoms with E-state index in [-0.39, 0.29) is 6.42 Å². The monoisotopic (exact) mass is 348 g/mol. The van der Waals surface area contributed by atoms with Crippen molar-refractivity contribution >= 4 is 22.8 Å². The van der Waals surface area contributed by atoms with Gasteiger partial charge in [0.1, 0.15) is 0 Å². The first-order valence-corrected chi connectivity index (χ1v) is 8.05. The smallest absolute Gasteiger partial charge is 0.257 e. The van der Waals surface area contributed by atoms with E-state index in [1.165, 1.54) is 0 Å². The van der Waals surface area contributed by atoms with Crippen LogP contribution in [-0.4, -0.2) is 41.8 Å². The lowest BCUT2D eigenvalue weighted by Crippen LogP contribution is -2.18. The molecule has 0 radical (unpaired) electrons. The van der Waals surface area contributed by atoms with Crippen LogP contribution in [0, 0.1) is 0 Å². The van der Waals surface area contributed by atoms with Gasteiger partial charge < -0.3 is 11.1 Å². The third kappa shape index (κ3) is 3.09. The van der Waals surface area contributed by atoms with Crippen LogP contribution in [0.2, 0.25) is 0 Å². The highest BCUT2D eigenvalue weighted by Gasteiger charge is 2.12. The summed E-state index contributed by atoms with van der Waals surface area (Å²) < 4.78 is 3.43. The van der Waals surface area contributed by atoms with E-state index in [9.17, 15) is 4.79 Å². The summed E-state index contributed by atoms with van der Waals surface area (Å²) in [6.07, 6.45) is 5.49. The topological polar surface area (TPSA) is 117 Å². The van der Waals surface area contributed by atoms with Crippen LogP contribution in [0.15, 0.2) is 55.0 Å². The Balaban J connectivity index is 1.77. The highest BCUT2D eigenvalue weighted by Crippen LogP contribution is 2.19. The molecule has 9 heteroatoms. The van der Waals surface area contributed by atoms with E-state index in [0.717, 1.165) is 10.9 Å². The van der Waals surface area contributed by atoms with Crippen LogP contribution < -0.4 is 11.1 Å². The number of carbonyl (C=O) groups excluding carboxylic acids is 1. The lowest BCUT2D eigenvalue weighted by atomic mass is 10.2. The second-order valence-corrected chi connectivity index (χ2v) is 5.60. The Hall–Kier alpha value is -3.75. The SMILES string of the molecule is NC(=O)CCNc1nc(-n2cccn2)nc(-n2ccc3ccccc32)n1. The maximum Gasteiger partial charge on any atom is 0.257 e. The van der Waals surface area contributed by atoms with E-state index < -0.39 is 5.91 Å². The Morgan fingerprint density at radius 3 is 2.69 bits per heavy atom. The van der Waals surface area contributed by atoms with E-state index in [1.807, 2.05) is 41.1 Å². The minimum Gasteiger partial charge on any atom is -0.370 e. The first-order chi connectivity index (χ1) is 12.7. The van der Waals surface area contributed by atoms with Crippen LogP contribution in [0.3, 0.4) is 0 Å². The molecule has 0 bridgehead atoms. The summed E-state index contributed by atoms with van der Waals surface area (Å²) in [4.78, 5) is 24.3. The molecule has 1 aromatic carbocycles. The van der Waals surface area contributed by atoms with Gasteiger partial charge in [-0.3, -0.25) is 9.36 Å². The second kappa shape index (κ2) is 6.63. The largest absolute Gasteiger partial charge is 0.370 e. The second-order valence-electron chi connectivity index (χ2n) is 5.60. The minimum atomic E-state index is -0.393. The number of fused-ring (bicyclic) bond motifs is 1. The number of rotatable bonds is 6. The number of hydrogen-bond acceptors (Lipinski definition) is 6. The van der Waals surface area contributed by atoms with Gasteiger partial charge in [0.05, 0.1) is 5.52 Å². The number of benzene rings is 1. The van der Waals surface area contributed by atoms with E-state index in [2.05, 4.69) is 25.4 Å². The van der Waals surface area contributed by atoms with Gasteiger partial charge in [-0.05, 0) is 18.2 Å². The summed E-state index contributed by atoms with van der Waals surface area (Å²) in [5, 5.41) is 8.27. The quantitative estimate of drug-likeness (QED) is 0.542. The Kier molecular flexibility index (Phi) is 4.02. The van der Waals surface area contributed by atoms with Crippen molar-refractivity contribution < 1.29 is 4.79 Å². The van der Waals surface area contributed by atoms with Crippen molar-refractivity contribution in [2.24, 2.45) is 5.73 Å². The third-order valence-corrected chi connectivity index (χ3v) is 3.79. The highest BCUT2D eigenvalue weighted by atomic mass is 16.1. The van der Waals surface area contributed by atoms with Crippen molar-refractivity contribution in [3.63, 3.8) is 0 Å². The molecule has 0 aliphatic carbocycles. The molecule has 3 aromatic heterocycles. The van der Waals surface area contributed by atoms with Crippen molar-refractivity contribution in [2.45, 2.75) is 6.42 Å². The van der Waals surface area contributed by atoms with Crippen molar-refractivity contribution in [3.8, 4) is 11.9 Å². The zero-order valence-corrected chi connectivity index (χ0v) is 13.8. The first-order valence-electron chi connectivity index (χ1n) is 8.05. The first kappa shape index (κ1) is 15.8. The number of nitrogens with one attached hydrogen (secondary N) is 1. The van der Waals surface area contributed by atoms with Gasteiger partial charge >= 0.3 is 0 Å². The Morgan fingerprint density at radius 1 is 1.04 bits per heavy atom. The average Bonchev–Trinajstić information content (AvgIpc) is 3.31. The summed E-state index contributed by atoms with van der Waals surface area (Å²) in [5.41, 5.74) is 6.16. The number of nitrogens with zero attached hydrogens (tertiary/aromatic N) is 6. The molecule has 9 nitrogen and oxygen atoms in total. The molecule has 130 valence electrons.